The second-order valence-corrected chi connectivity index (χ2v) is 4.21. The monoisotopic (exact) mass is 260 g/mol. The molecule has 1 unspecified atom stereocenters. The number of carbonyl (C=O) groups is 2. The van der Waals surface area contributed by atoms with Gasteiger partial charge in [-0.3, -0.25) is 0 Å². The third-order valence-corrected chi connectivity index (χ3v) is 2.80. The van der Waals surface area contributed by atoms with E-state index in [9.17, 15) is 9.59 Å². The van der Waals surface area contributed by atoms with Crippen molar-refractivity contribution in [2.24, 2.45) is 0 Å². The number of urea groups is 1. The maximum absolute atomic E-state index is 11.7. The summed E-state index contributed by atoms with van der Waals surface area (Å²) < 4.78 is 5.46. The van der Waals surface area contributed by atoms with Crippen LogP contribution in [0.2, 0.25) is 0 Å². The van der Waals surface area contributed by atoms with Crippen LogP contribution in [0, 0.1) is 0 Å². The van der Waals surface area contributed by atoms with E-state index in [-0.39, 0.29) is 18.7 Å². The van der Waals surface area contributed by atoms with Crippen LogP contribution in [0.3, 0.4) is 0 Å². The number of hydrogen-bond donors (Lipinski definition) is 3. The summed E-state index contributed by atoms with van der Waals surface area (Å²) in [5, 5.41) is 19.9. The van der Waals surface area contributed by atoms with Gasteiger partial charge in [0.05, 0.1) is 12.6 Å². The molecule has 0 bridgehead atoms. The van der Waals surface area contributed by atoms with Crippen LogP contribution in [-0.2, 0) is 9.53 Å². The van der Waals surface area contributed by atoms with Gasteiger partial charge in [-0.2, -0.15) is 0 Å². The first-order valence-corrected chi connectivity index (χ1v) is 6.09. The van der Waals surface area contributed by atoms with Gasteiger partial charge in [-0.05, 0) is 19.8 Å². The molecular weight excluding hydrogens is 240 g/mol. The van der Waals surface area contributed by atoms with Crippen molar-refractivity contribution in [2.45, 2.75) is 32.0 Å². The molecule has 2 amide bonds. The van der Waals surface area contributed by atoms with Crippen LogP contribution in [0.15, 0.2) is 0 Å². The van der Waals surface area contributed by atoms with E-state index in [1.54, 1.807) is 4.90 Å². The molecule has 1 aliphatic rings. The molecule has 0 spiro atoms. The van der Waals surface area contributed by atoms with Crippen LogP contribution < -0.4 is 5.32 Å². The zero-order chi connectivity index (χ0) is 13.5. The zero-order valence-electron chi connectivity index (χ0n) is 10.5. The maximum atomic E-state index is 11.7. The maximum Gasteiger partial charge on any atom is 0.334 e. The highest BCUT2D eigenvalue weighted by Crippen LogP contribution is 2.13. The lowest BCUT2D eigenvalue weighted by Crippen LogP contribution is -2.49. The van der Waals surface area contributed by atoms with E-state index in [1.807, 2.05) is 6.92 Å². The van der Waals surface area contributed by atoms with Gasteiger partial charge < -0.3 is 25.2 Å². The number of nitrogens with one attached hydrogen (secondary N) is 1. The number of carboxylic acids is 1. The second-order valence-electron chi connectivity index (χ2n) is 4.21. The Hall–Kier alpha value is -1.34. The molecule has 0 aromatic carbocycles. The number of amides is 2. The Kier molecular flexibility index (Phi) is 5.87. The lowest BCUT2D eigenvalue weighted by molar-refractivity contribution is -0.146. The predicted molar refractivity (Wildman–Crippen MR) is 63.3 cm³/mol. The molecule has 0 aliphatic carbocycles. The number of nitrogens with zero attached hydrogens (tertiary/aromatic N) is 1. The lowest BCUT2D eigenvalue weighted by Gasteiger charge is -2.32. The Bertz CT molecular complexity index is 295. The van der Waals surface area contributed by atoms with Gasteiger partial charge in [0.25, 0.3) is 0 Å². The van der Waals surface area contributed by atoms with E-state index in [0.717, 1.165) is 12.8 Å². The first-order valence-electron chi connectivity index (χ1n) is 6.09. The molecule has 0 saturated carbocycles. The van der Waals surface area contributed by atoms with Gasteiger partial charge in [0.1, 0.15) is 0 Å². The summed E-state index contributed by atoms with van der Waals surface area (Å²) in [5.74, 6) is -1.35. The highest BCUT2D eigenvalue weighted by molar-refractivity contribution is 5.76. The Morgan fingerprint density at radius 2 is 2.28 bits per heavy atom. The van der Waals surface area contributed by atoms with Gasteiger partial charge in [0.2, 0.25) is 0 Å². The first-order chi connectivity index (χ1) is 8.54. The van der Waals surface area contributed by atoms with Crippen molar-refractivity contribution in [3.05, 3.63) is 0 Å². The summed E-state index contributed by atoms with van der Waals surface area (Å²) in [5.41, 5.74) is 0. The first kappa shape index (κ1) is 14.7. The number of carboxylic acid groups (broad SMARTS) is 1. The minimum atomic E-state index is -1.57. The van der Waals surface area contributed by atoms with E-state index in [0.29, 0.717) is 19.7 Å². The fraction of sp³-hybridized carbons (Fsp3) is 0.818. The van der Waals surface area contributed by atoms with Gasteiger partial charge in [0, 0.05) is 19.7 Å². The number of rotatable bonds is 5. The van der Waals surface area contributed by atoms with Crippen molar-refractivity contribution in [3.8, 4) is 0 Å². The minimum absolute atomic E-state index is 0.0406. The number of piperidine rings is 1. The van der Waals surface area contributed by atoms with Gasteiger partial charge in [0.15, 0.2) is 6.10 Å². The Balaban J connectivity index is 2.34. The summed E-state index contributed by atoms with van der Waals surface area (Å²) in [4.78, 5) is 23.7. The number of carbonyl (C=O) groups excluding carboxylic acids is 1. The van der Waals surface area contributed by atoms with Crippen LogP contribution in [0.4, 0.5) is 4.79 Å². The molecule has 0 aromatic heterocycles. The Morgan fingerprint density at radius 3 is 2.89 bits per heavy atom. The van der Waals surface area contributed by atoms with E-state index in [2.05, 4.69) is 5.32 Å². The SMILES string of the molecule is CCOC1CCCN(C(=O)NC[C@H](O)C(=O)O)C1. The van der Waals surface area contributed by atoms with Gasteiger partial charge >= 0.3 is 12.0 Å². The number of aliphatic hydroxyl groups excluding tert-OH is 1. The number of hydrogen-bond acceptors (Lipinski definition) is 4. The number of ether oxygens (including phenoxy) is 1. The van der Waals surface area contributed by atoms with E-state index in [1.165, 1.54) is 0 Å². The lowest BCUT2D eigenvalue weighted by atomic mass is 10.1. The van der Waals surface area contributed by atoms with Crippen molar-refractivity contribution in [1.29, 1.82) is 0 Å². The second kappa shape index (κ2) is 7.17. The fourth-order valence-corrected chi connectivity index (χ4v) is 1.88. The highest BCUT2D eigenvalue weighted by atomic mass is 16.5. The molecule has 7 nitrogen and oxygen atoms in total. The molecular formula is C11H20N2O5. The average Bonchev–Trinajstić information content (AvgIpc) is 2.36. The average molecular weight is 260 g/mol. The third-order valence-electron chi connectivity index (χ3n) is 2.80. The highest BCUT2D eigenvalue weighted by Gasteiger charge is 2.24. The molecule has 104 valence electrons. The topological polar surface area (TPSA) is 99.1 Å². The Morgan fingerprint density at radius 1 is 1.56 bits per heavy atom. The normalized spacial score (nSPS) is 21.4. The van der Waals surface area contributed by atoms with Crippen LogP contribution in [0.25, 0.3) is 0 Å². The van der Waals surface area contributed by atoms with E-state index < -0.39 is 12.1 Å². The molecule has 1 saturated heterocycles. The largest absolute Gasteiger partial charge is 0.479 e. The van der Waals surface area contributed by atoms with Gasteiger partial charge in [-0.15, -0.1) is 0 Å². The number of likely N-dealkylation sites (tertiary alicyclic amines) is 1. The smallest absolute Gasteiger partial charge is 0.334 e. The van der Waals surface area contributed by atoms with Crippen molar-refractivity contribution in [3.63, 3.8) is 0 Å². The standard InChI is InChI=1S/C11H20N2O5/c1-2-18-8-4-3-5-13(7-8)11(17)12-6-9(14)10(15)16/h8-9,14H,2-7H2,1H3,(H,12,17)(H,15,16)/t8?,9-/m0/s1. The molecule has 0 aromatic rings. The number of aliphatic carboxylic acids is 1. The van der Waals surface area contributed by atoms with Crippen LogP contribution in [-0.4, -0.2) is 65.6 Å². The van der Waals surface area contributed by atoms with E-state index in [4.69, 9.17) is 14.9 Å². The third kappa shape index (κ3) is 4.50. The number of aliphatic hydroxyl groups is 1. The summed E-state index contributed by atoms with van der Waals surface area (Å²) in [6, 6.07) is -0.361. The molecule has 1 fully saturated rings. The summed E-state index contributed by atoms with van der Waals surface area (Å²) >= 11 is 0. The zero-order valence-corrected chi connectivity index (χ0v) is 10.5. The van der Waals surface area contributed by atoms with Crippen molar-refractivity contribution in [2.75, 3.05) is 26.2 Å². The molecule has 7 heteroatoms. The molecule has 1 aliphatic heterocycles. The van der Waals surface area contributed by atoms with Crippen LogP contribution >= 0.6 is 0 Å². The van der Waals surface area contributed by atoms with Gasteiger partial charge in [-0.25, -0.2) is 9.59 Å². The summed E-state index contributed by atoms with van der Waals surface area (Å²) in [7, 11) is 0. The molecule has 1 rings (SSSR count). The van der Waals surface area contributed by atoms with Crippen LogP contribution in [0.1, 0.15) is 19.8 Å². The predicted octanol–water partition coefficient (Wildman–Crippen LogP) is -0.358. The molecule has 2 atom stereocenters. The molecule has 1 heterocycles. The fourth-order valence-electron chi connectivity index (χ4n) is 1.88. The molecule has 0 radical (unpaired) electrons. The van der Waals surface area contributed by atoms with Gasteiger partial charge in [-0.1, -0.05) is 0 Å². The summed E-state index contributed by atoms with van der Waals surface area (Å²) in [6.45, 7) is 3.35. The van der Waals surface area contributed by atoms with E-state index >= 15 is 0 Å². The molecule has 18 heavy (non-hydrogen) atoms. The van der Waals surface area contributed by atoms with Crippen molar-refractivity contribution in [1.82, 2.24) is 10.2 Å². The Labute approximate surface area is 106 Å². The van der Waals surface area contributed by atoms with Crippen molar-refractivity contribution >= 4 is 12.0 Å². The quantitative estimate of drug-likeness (QED) is 0.627. The van der Waals surface area contributed by atoms with Crippen LogP contribution in [0.5, 0.6) is 0 Å². The summed E-state index contributed by atoms with van der Waals surface area (Å²) in [6.07, 6.45) is 0.259. The minimum Gasteiger partial charge on any atom is -0.479 e. The van der Waals surface area contributed by atoms with Crippen molar-refractivity contribution < 1.29 is 24.5 Å². The molecule has 3 N–H and O–H groups in total.